The standard InChI is InChI=1S/C13H18N6O/c1-20-7-6-16-13(14)17-8-11-2-4-12(5-3-11)19-10-15-9-18-19/h2-5,9-10H,6-8H2,1H3,(H3,14,16,17). The van der Waals surface area contributed by atoms with E-state index in [-0.39, 0.29) is 0 Å². The molecule has 20 heavy (non-hydrogen) atoms. The highest BCUT2D eigenvalue weighted by molar-refractivity contribution is 5.77. The van der Waals surface area contributed by atoms with Crippen molar-refractivity contribution in [2.75, 3.05) is 20.3 Å². The fraction of sp³-hybridized carbons (Fsp3) is 0.308. The van der Waals surface area contributed by atoms with Crippen molar-refractivity contribution in [2.24, 2.45) is 10.7 Å². The molecule has 0 aliphatic heterocycles. The van der Waals surface area contributed by atoms with Gasteiger partial charge in [-0.1, -0.05) is 12.1 Å². The molecule has 0 atom stereocenters. The minimum Gasteiger partial charge on any atom is -0.383 e. The van der Waals surface area contributed by atoms with Gasteiger partial charge in [-0.25, -0.2) is 14.7 Å². The summed E-state index contributed by atoms with van der Waals surface area (Å²) in [5.74, 6) is 0.419. The third-order valence-electron chi connectivity index (χ3n) is 2.66. The van der Waals surface area contributed by atoms with Gasteiger partial charge in [0.1, 0.15) is 12.7 Å². The van der Waals surface area contributed by atoms with Crippen LogP contribution in [0.1, 0.15) is 5.56 Å². The molecule has 0 aliphatic rings. The Bertz CT molecular complexity index is 534. The summed E-state index contributed by atoms with van der Waals surface area (Å²) in [5.41, 5.74) is 7.76. The molecule has 1 aromatic carbocycles. The second-order valence-corrected chi connectivity index (χ2v) is 4.13. The number of nitrogens with two attached hydrogens (primary N) is 1. The van der Waals surface area contributed by atoms with E-state index < -0.39 is 0 Å². The van der Waals surface area contributed by atoms with E-state index in [2.05, 4.69) is 20.4 Å². The molecule has 0 saturated carbocycles. The van der Waals surface area contributed by atoms with Gasteiger partial charge in [-0.2, -0.15) is 5.10 Å². The predicted molar refractivity (Wildman–Crippen MR) is 76.6 cm³/mol. The van der Waals surface area contributed by atoms with Crippen molar-refractivity contribution < 1.29 is 4.74 Å². The summed E-state index contributed by atoms with van der Waals surface area (Å²) in [5, 5.41) is 7.04. The SMILES string of the molecule is COCCNC(N)=NCc1ccc(-n2cncn2)cc1. The van der Waals surface area contributed by atoms with Crippen molar-refractivity contribution in [2.45, 2.75) is 6.54 Å². The van der Waals surface area contributed by atoms with Crippen LogP contribution >= 0.6 is 0 Å². The first kappa shape index (κ1) is 14.0. The molecular weight excluding hydrogens is 256 g/mol. The number of rotatable bonds is 6. The highest BCUT2D eigenvalue weighted by atomic mass is 16.5. The van der Waals surface area contributed by atoms with Crippen LogP contribution in [0.15, 0.2) is 41.9 Å². The molecule has 7 nitrogen and oxygen atoms in total. The molecule has 0 radical (unpaired) electrons. The van der Waals surface area contributed by atoms with Crippen LogP contribution < -0.4 is 11.1 Å². The summed E-state index contributed by atoms with van der Waals surface area (Å²) in [6, 6.07) is 7.91. The van der Waals surface area contributed by atoms with Gasteiger partial charge in [0.15, 0.2) is 5.96 Å². The average Bonchev–Trinajstić information content (AvgIpc) is 3.00. The zero-order valence-electron chi connectivity index (χ0n) is 11.4. The first-order chi connectivity index (χ1) is 9.79. The van der Waals surface area contributed by atoms with Crippen molar-refractivity contribution in [1.29, 1.82) is 0 Å². The maximum Gasteiger partial charge on any atom is 0.188 e. The molecule has 0 aliphatic carbocycles. The van der Waals surface area contributed by atoms with Crippen LogP contribution in [0.25, 0.3) is 5.69 Å². The average molecular weight is 274 g/mol. The zero-order valence-corrected chi connectivity index (χ0v) is 11.4. The van der Waals surface area contributed by atoms with Crippen LogP contribution in [-0.2, 0) is 11.3 Å². The second kappa shape index (κ2) is 7.25. The van der Waals surface area contributed by atoms with Gasteiger partial charge in [0.25, 0.3) is 0 Å². The Hall–Kier alpha value is -2.41. The Kier molecular flexibility index (Phi) is 5.08. The predicted octanol–water partition coefficient (Wildman–Crippen LogP) is 0.318. The Morgan fingerprint density at radius 3 is 2.85 bits per heavy atom. The number of nitrogens with one attached hydrogen (secondary N) is 1. The maximum atomic E-state index is 5.73. The highest BCUT2D eigenvalue weighted by Crippen LogP contribution is 2.08. The lowest BCUT2D eigenvalue weighted by molar-refractivity contribution is 0.204. The Morgan fingerprint density at radius 2 is 2.20 bits per heavy atom. The molecule has 0 spiro atoms. The molecule has 106 valence electrons. The smallest absolute Gasteiger partial charge is 0.188 e. The van der Waals surface area contributed by atoms with Gasteiger partial charge in [0.2, 0.25) is 0 Å². The lowest BCUT2D eigenvalue weighted by atomic mass is 10.2. The van der Waals surface area contributed by atoms with Gasteiger partial charge >= 0.3 is 0 Å². The molecule has 0 unspecified atom stereocenters. The van der Waals surface area contributed by atoms with Crippen molar-refractivity contribution >= 4 is 5.96 Å². The van der Waals surface area contributed by atoms with E-state index in [0.29, 0.717) is 25.7 Å². The molecule has 0 bridgehead atoms. The lowest BCUT2D eigenvalue weighted by Crippen LogP contribution is -2.34. The number of hydrogen-bond acceptors (Lipinski definition) is 4. The van der Waals surface area contributed by atoms with Gasteiger partial charge in [-0.3, -0.25) is 0 Å². The number of aromatic nitrogens is 3. The minimum absolute atomic E-state index is 0.419. The normalized spacial score (nSPS) is 11.6. The number of methoxy groups -OCH3 is 1. The molecule has 7 heteroatoms. The van der Waals surface area contributed by atoms with Crippen LogP contribution in [0, 0.1) is 0 Å². The van der Waals surface area contributed by atoms with Gasteiger partial charge in [-0.15, -0.1) is 0 Å². The molecular formula is C13H18N6O. The molecule has 2 rings (SSSR count). The van der Waals surface area contributed by atoms with Crippen molar-refractivity contribution in [3.05, 3.63) is 42.5 Å². The van der Waals surface area contributed by atoms with E-state index in [1.807, 2.05) is 24.3 Å². The lowest BCUT2D eigenvalue weighted by Gasteiger charge is -2.05. The first-order valence-corrected chi connectivity index (χ1v) is 6.26. The summed E-state index contributed by atoms with van der Waals surface area (Å²) in [6.45, 7) is 1.78. The molecule has 1 aromatic heterocycles. The molecule has 1 heterocycles. The van der Waals surface area contributed by atoms with E-state index >= 15 is 0 Å². The van der Waals surface area contributed by atoms with Crippen LogP contribution in [0.2, 0.25) is 0 Å². The molecule has 0 saturated heterocycles. The van der Waals surface area contributed by atoms with Crippen molar-refractivity contribution in [3.8, 4) is 5.69 Å². The van der Waals surface area contributed by atoms with E-state index in [1.54, 1.807) is 18.1 Å². The number of aliphatic imine (C=N–C) groups is 1. The fourth-order valence-corrected chi connectivity index (χ4v) is 1.61. The molecule has 0 amide bonds. The summed E-state index contributed by atoms with van der Waals surface area (Å²) in [4.78, 5) is 8.16. The zero-order chi connectivity index (χ0) is 14.2. The number of hydrogen-bond donors (Lipinski definition) is 2. The number of nitrogens with zero attached hydrogens (tertiary/aromatic N) is 4. The van der Waals surface area contributed by atoms with Gasteiger partial charge in [0, 0.05) is 13.7 Å². The van der Waals surface area contributed by atoms with Crippen molar-refractivity contribution in [1.82, 2.24) is 20.1 Å². The van der Waals surface area contributed by atoms with Crippen LogP contribution in [-0.4, -0.2) is 41.0 Å². The monoisotopic (exact) mass is 274 g/mol. The molecule has 0 fully saturated rings. The highest BCUT2D eigenvalue weighted by Gasteiger charge is 1.97. The minimum atomic E-state index is 0.419. The topological polar surface area (TPSA) is 90.3 Å². The maximum absolute atomic E-state index is 5.73. The Balaban J connectivity index is 1.89. The summed E-state index contributed by atoms with van der Waals surface area (Å²) in [7, 11) is 1.64. The summed E-state index contributed by atoms with van der Waals surface area (Å²) in [6.07, 6.45) is 3.16. The van der Waals surface area contributed by atoms with Crippen molar-refractivity contribution in [3.63, 3.8) is 0 Å². The van der Waals surface area contributed by atoms with Gasteiger partial charge in [0.05, 0.1) is 18.8 Å². The van der Waals surface area contributed by atoms with Crippen LogP contribution in [0.3, 0.4) is 0 Å². The first-order valence-electron chi connectivity index (χ1n) is 6.26. The summed E-state index contributed by atoms with van der Waals surface area (Å²) >= 11 is 0. The molecule has 2 aromatic rings. The quantitative estimate of drug-likeness (QED) is 0.450. The Labute approximate surface area is 117 Å². The van der Waals surface area contributed by atoms with Gasteiger partial charge < -0.3 is 15.8 Å². The van der Waals surface area contributed by atoms with E-state index in [4.69, 9.17) is 10.5 Å². The van der Waals surface area contributed by atoms with E-state index in [0.717, 1.165) is 11.3 Å². The third-order valence-corrected chi connectivity index (χ3v) is 2.66. The number of ether oxygens (including phenoxy) is 1. The van der Waals surface area contributed by atoms with Crippen LogP contribution in [0.5, 0.6) is 0 Å². The third kappa shape index (κ3) is 4.06. The second-order valence-electron chi connectivity index (χ2n) is 4.13. The van der Waals surface area contributed by atoms with E-state index in [9.17, 15) is 0 Å². The van der Waals surface area contributed by atoms with Gasteiger partial charge in [-0.05, 0) is 17.7 Å². The largest absolute Gasteiger partial charge is 0.383 e. The number of benzene rings is 1. The van der Waals surface area contributed by atoms with Crippen LogP contribution in [0.4, 0.5) is 0 Å². The molecule has 3 N–H and O–H groups in total. The summed E-state index contributed by atoms with van der Waals surface area (Å²) < 4.78 is 6.62. The number of guanidine groups is 1. The fourth-order valence-electron chi connectivity index (χ4n) is 1.61. The van der Waals surface area contributed by atoms with E-state index in [1.165, 1.54) is 6.33 Å². The Morgan fingerprint density at radius 1 is 1.40 bits per heavy atom.